The molecule has 0 atom stereocenters. The Kier molecular flexibility index (Phi) is 4.79. The molecule has 0 fully saturated rings. The minimum Gasteiger partial charge on any atom is -0.438 e. The minimum absolute atomic E-state index is 0.0991. The molecule has 0 saturated heterocycles. The molecule has 1 aromatic carbocycles. The molecule has 0 radical (unpaired) electrons. The number of pyridine rings is 1. The molecule has 0 spiro atoms. The van der Waals surface area contributed by atoms with Crippen molar-refractivity contribution in [3.8, 4) is 11.6 Å². The van der Waals surface area contributed by atoms with Gasteiger partial charge in [-0.15, -0.1) is 0 Å². The third kappa shape index (κ3) is 4.27. The van der Waals surface area contributed by atoms with Crippen LogP contribution in [0.25, 0.3) is 0 Å². The zero-order valence-electron chi connectivity index (χ0n) is 11.4. The summed E-state index contributed by atoms with van der Waals surface area (Å²) in [5.41, 5.74) is -0.699. The lowest BCUT2D eigenvalue weighted by Crippen LogP contribution is -2.05. The van der Waals surface area contributed by atoms with Crippen LogP contribution in [0.1, 0.15) is 11.1 Å². The minimum atomic E-state index is -4.57. The fourth-order valence-corrected chi connectivity index (χ4v) is 3.12. The van der Waals surface area contributed by atoms with Crippen molar-refractivity contribution in [2.24, 2.45) is 0 Å². The Bertz CT molecular complexity index is 854. The van der Waals surface area contributed by atoms with Crippen molar-refractivity contribution in [1.82, 2.24) is 4.98 Å². The molecule has 10 heteroatoms. The molecule has 0 aliphatic heterocycles. The topological polar surface area (TPSA) is 56.3 Å². The Labute approximate surface area is 139 Å². The molecule has 0 amide bonds. The van der Waals surface area contributed by atoms with Gasteiger partial charge in [0.05, 0.1) is 10.5 Å². The van der Waals surface area contributed by atoms with E-state index in [9.17, 15) is 21.6 Å². The molecule has 1 aromatic heterocycles. The fourth-order valence-electron chi connectivity index (χ4n) is 1.73. The molecule has 0 bridgehead atoms. The molecule has 0 unspecified atom stereocenters. The summed E-state index contributed by atoms with van der Waals surface area (Å²) < 4.78 is 65.4. The van der Waals surface area contributed by atoms with Gasteiger partial charge >= 0.3 is 6.18 Å². The summed E-state index contributed by atoms with van der Waals surface area (Å²) in [5, 5.41) is -0.327. The first-order valence-electron chi connectivity index (χ1n) is 5.94. The van der Waals surface area contributed by atoms with Crippen LogP contribution in [-0.4, -0.2) is 13.4 Å². The van der Waals surface area contributed by atoms with Gasteiger partial charge in [-0.2, -0.15) is 13.2 Å². The summed E-state index contributed by atoms with van der Waals surface area (Å²) in [7, 11) is 1.35. The number of aryl methyl sites for hydroxylation is 1. The molecule has 0 N–H and O–H groups in total. The van der Waals surface area contributed by atoms with Crippen molar-refractivity contribution >= 4 is 31.3 Å². The van der Waals surface area contributed by atoms with Crippen LogP contribution in [0.15, 0.2) is 35.4 Å². The Balaban J connectivity index is 2.32. The average Bonchev–Trinajstić information content (AvgIpc) is 2.38. The second-order valence-electron chi connectivity index (χ2n) is 4.48. The van der Waals surface area contributed by atoms with Crippen LogP contribution in [0, 0.1) is 6.92 Å². The number of alkyl halides is 3. The van der Waals surface area contributed by atoms with Gasteiger partial charge in [-0.3, -0.25) is 0 Å². The Morgan fingerprint density at radius 2 is 1.87 bits per heavy atom. The predicted octanol–water partition coefficient (Wildman–Crippen LogP) is 4.78. The molecule has 23 heavy (non-hydrogen) atoms. The molecule has 124 valence electrons. The maximum Gasteiger partial charge on any atom is 0.417 e. The molecular formula is C13H8Cl2F3NO3S. The maximum atomic E-state index is 12.5. The van der Waals surface area contributed by atoms with E-state index in [0.29, 0.717) is 17.8 Å². The van der Waals surface area contributed by atoms with E-state index in [2.05, 4.69) is 4.98 Å². The number of benzene rings is 1. The standard InChI is InChI=1S/C13H8Cl2F3NO3S/c1-7-4-9(2-3-11(7)23(15,20)21)22-12-10(14)5-8(6-19-12)13(16,17)18/h2-6H,1H3. The first-order valence-corrected chi connectivity index (χ1v) is 8.63. The van der Waals surface area contributed by atoms with E-state index in [1.54, 1.807) is 0 Å². The van der Waals surface area contributed by atoms with Crippen LogP contribution >= 0.6 is 22.3 Å². The van der Waals surface area contributed by atoms with Gasteiger partial charge in [0.2, 0.25) is 5.88 Å². The number of aromatic nitrogens is 1. The first-order chi connectivity index (χ1) is 10.5. The molecule has 0 aliphatic carbocycles. The molecule has 2 rings (SSSR count). The van der Waals surface area contributed by atoms with E-state index in [1.165, 1.54) is 25.1 Å². The van der Waals surface area contributed by atoms with Gasteiger partial charge in [-0.25, -0.2) is 13.4 Å². The Morgan fingerprint density at radius 1 is 1.22 bits per heavy atom. The summed E-state index contributed by atoms with van der Waals surface area (Å²) in [6.45, 7) is 1.49. The largest absolute Gasteiger partial charge is 0.438 e. The van der Waals surface area contributed by atoms with Gasteiger partial charge in [-0.05, 0) is 36.8 Å². The predicted molar refractivity (Wildman–Crippen MR) is 78.5 cm³/mol. The van der Waals surface area contributed by atoms with E-state index in [-0.39, 0.29) is 21.5 Å². The van der Waals surface area contributed by atoms with Gasteiger partial charge in [-0.1, -0.05) is 11.6 Å². The van der Waals surface area contributed by atoms with Crippen LogP contribution in [0.5, 0.6) is 11.6 Å². The molecule has 1 heterocycles. The lowest BCUT2D eigenvalue weighted by molar-refractivity contribution is -0.137. The average molecular weight is 386 g/mol. The highest BCUT2D eigenvalue weighted by molar-refractivity contribution is 8.13. The van der Waals surface area contributed by atoms with Gasteiger partial charge < -0.3 is 4.74 Å². The first kappa shape index (κ1) is 17.8. The van der Waals surface area contributed by atoms with Crippen molar-refractivity contribution in [3.63, 3.8) is 0 Å². The van der Waals surface area contributed by atoms with E-state index in [1.807, 2.05) is 0 Å². The van der Waals surface area contributed by atoms with Crippen molar-refractivity contribution in [2.45, 2.75) is 18.0 Å². The lowest BCUT2D eigenvalue weighted by Gasteiger charge is -2.11. The summed E-state index contributed by atoms with van der Waals surface area (Å²) in [4.78, 5) is 3.42. The second kappa shape index (κ2) is 6.18. The van der Waals surface area contributed by atoms with Crippen molar-refractivity contribution in [1.29, 1.82) is 0 Å². The van der Waals surface area contributed by atoms with Crippen LogP contribution in [-0.2, 0) is 15.2 Å². The summed E-state index contributed by atoms with van der Waals surface area (Å²) in [5.74, 6) is -0.0822. The highest BCUT2D eigenvalue weighted by Crippen LogP contribution is 2.35. The SMILES string of the molecule is Cc1cc(Oc2ncc(C(F)(F)F)cc2Cl)ccc1S(=O)(=O)Cl. The normalized spacial score (nSPS) is 12.3. The van der Waals surface area contributed by atoms with Crippen LogP contribution in [0.3, 0.4) is 0 Å². The number of halogens is 5. The van der Waals surface area contributed by atoms with Gasteiger partial charge in [0.15, 0.2) is 0 Å². The molecule has 0 saturated carbocycles. The highest BCUT2D eigenvalue weighted by Gasteiger charge is 2.31. The van der Waals surface area contributed by atoms with E-state index < -0.39 is 20.8 Å². The molecular weight excluding hydrogens is 378 g/mol. The highest BCUT2D eigenvalue weighted by atomic mass is 35.7. The zero-order chi connectivity index (χ0) is 17.4. The van der Waals surface area contributed by atoms with Gasteiger partial charge in [0.1, 0.15) is 10.8 Å². The number of ether oxygens (including phenoxy) is 1. The quantitative estimate of drug-likeness (QED) is 0.713. The van der Waals surface area contributed by atoms with Crippen LogP contribution in [0.4, 0.5) is 13.2 Å². The fraction of sp³-hybridized carbons (Fsp3) is 0.154. The number of hydrogen-bond donors (Lipinski definition) is 0. The van der Waals surface area contributed by atoms with Crippen molar-refractivity contribution in [3.05, 3.63) is 46.6 Å². The molecule has 0 aliphatic rings. The second-order valence-corrected chi connectivity index (χ2v) is 7.42. The zero-order valence-corrected chi connectivity index (χ0v) is 13.7. The molecule has 2 aromatic rings. The number of hydrogen-bond acceptors (Lipinski definition) is 4. The summed E-state index contributed by atoms with van der Waals surface area (Å²) >= 11 is 5.72. The lowest BCUT2D eigenvalue weighted by atomic mass is 10.2. The third-order valence-corrected chi connectivity index (χ3v) is 4.51. The smallest absolute Gasteiger partial charge is 0.417 e. The maximum absolute atomic E-state index is 12.5. The van der Waals surface area contributed by atoms with Crippen LogP contribution < -0.4 is 4.74 Å². The molecule has 4 nitrogen and oxygen atoms in total. The van der Waals surface area contributed by atoms with Gasteiger partial charge in [0, 0.05) is 16.9 Å². The number of rotatable bonds is 3. The summed E-state index contributed by atoms with van der Waals surface area (Å²) in [6, 6.07) is 4.54. The van der Waals surface area contributed by atoms with E-state index >= 15 is 0 Å². The van der Waals surface area contributed by atoms with Gasteiger partial charge in [0.25, 0.3) is 9.05 Å². The van der Waals surface area contributed by atoms with Crippen molar-refractivity contribution < 1.29 is 26.3 Å². The number of nitrogens with zero attached hydrogens (tertiary/aromatic N) is 1. The third-order valence-electron chi connectivity index (χ3n) is 2.76. The summed E-state index contributed by atoms with van der Waals surface area (Å²) in [6.07, 6.45) is -3.98. The van der Waals surface area contributed by atoms with E-state index in [0.717, 1.165) is 0 Å². The van der Waals surface area contributed by atoms with Crippen molar-refractivity contribution in [2.75, 3.05) is 0 Å². The monoisotopic (exact) mass is 385 g/mol. The Hall–Kier alpha value is -1.51. The van der Waals surface area contributed by atoms with Crippen LogP contribution in [0.2, 0.25) is 5.02 Å². The Morgan fingerprint density at radius 3 is 2.35 bits per heavy atom. The van der Waals surface area contributed by atoms with E-state index in [4.69, 9.17) is 27.0 Å².